The minimum atomic E-state index is 1.07. The molecular formula is C142H104. The van der Waals surface area contributed by atoms with Crippen LogP contribution < -0.4 is 0 Å². The van der Waals surface area contributed by atoms with Crippen molar-refractivity contribution in [3.8, 4) is 134 Å². The standard InChI is InChI=1S/4C25H18.2C21H16/c1-15-6-8-19-17(12-15)7-9-21-22-11-10-20-18-5-3-2-4-16(18)13-23(20)25(22)14-24(19)21;1-15-6-8-19-17(12-15)13-23-20(19)10-11-22-21-9-7-16-4-2-3-5-18(16)24(21)14-25(22)23;1-15-6-7-16-12-23-19(11-18(16)10-15)14-25-22(23)9-8-21-20-5-3-2-4-17(20)13-24(21)25;1-15-6-7-20-18(10-15)13-24-21(20)8-9-22-23-12-17-5-3-2-4-16(17)11-19(23)14-25(22)24;1-13-6-7-19-15(8-13)10-17-12-20-16(11-21(17)19)9-14-4-2-3-5-18(14)20;1-13-6-7-17-15(10-13)12-21-19(17)9-8-18-16-5-3-2-4-14(16)11-20(18)21/h4*2-12H,13-14H2,1H3;2-8,11-12H,9-10H2,1H3;2-10H,11-12H2,1H3. The van der Waals surface area contributed by atoms with Crippen molar-refractivity contribution in [3.63, 3.8) is 0 Å². The summed E-state index contributed by atoms with van der Waals surface area (Å²) < 4.78 is 0. The van der Waals surface area contributed by atoms with Gasteiger partial charge in [-0.15, -0.1) is 0 Å². The minimum absolute atomic E-state index is 1.07. The monoisotopic (exact) mass is 1810 g/mol. The summed E-state index contributed by atoms with van der Waals surface area (Å²) in [6.07, 6.45) is 13.0. The maximum absolute atomic E-state index is 2.44. The Bertz CT molecular complexity index is 9290. The lowest BCUT2D eigenvalue weighted by atomic mass is 9.96. The molecule has 0 amide bonds. The van der Waals surface area contributed by atoms with E-state index in [1.54, 1.807) is 55.6 Å². The summed E-state index contributed by atoms with van der Waals surface area (Å²) in [5.74, 6) is 0. The van der Waals surface area contributed by atoms with E-state index < -0.39 is 0 Å². The Morgan fingerprint density at radius 1 is 0.106 bits per heavy atom. The smallest absolute Gasteiger partial charge is 0.000421 e. The molecule has 0 fully saturated rings. The van der Waals surface area contributed by atoms with Gasteiger partial charge in [-0.2, -0.15) is 0 Å². The van der Waals surface area contributed by atoms with Crippen molar-refractivity contribution in [2.24, 2.45) is 0 Å². The van der Waals surface area contributed by atoms with Gasteiger partial charge in [0, 0.05) is 0 Å². The molecule has 0 spiro atoms. The molecule has 0 radical (unpaired) electrons. The molecule has 0 atom stereocenters. The summed E-state index contributed by atoms with van der Waals surface area (Å²) >= 11 is 0. The van der Waals surface area contributed by atoms with Crippen molar-refractivity contribution in [2.45, 2.75) is 119 Å². The second kappa shape index (κ2) is 32.2. The number of hydrogen-bond acceptors (Lipinski definition) is 0. The molecule has 0 aromatic heterocycles. The number of aryl methyl sites for hydroxylation is 6. The minimum Gasteiger partial charge on any atom is -0.0619 e. The van der Waals surface area contributed by atoms with Crippen LogP contribution in [0.5, 0.6) is 0 Å². The molecule has 22 aromatic carbocycles. The molecule has 12 aliphatic rings. The van der Waals surface area contributed by atoms with Crippen LogP contribution in [0.3, 0.4) is 0 Å². The van der Waals surface area contributed by atoms with Crippen molar-refractivity contribution < 1.29 is 0 Å². The van der Waals surface area contributed by atoms with Gasteiger partial charge in [-0.3, -0.25) is 0 Å². The van der Waals surface area contributed by atoms with Gasteiger partial charge in [-0.05, 0) is 453 Å². The van der Waals surface area contributed by atoms with E-state index in [-0.39, 0.29) is 0 Å². The largest absolute Gasteiger partial charge is 0.0619 e. The summed E-state index contributed by atoms with van der Waals surface area (Å²) in [4.78, 5) is 0. The van der Waals surface area contributed by atoms with Crippen molar-refractivity contribution >= 4 is 43.1 Å². The van der Waals surface area contributed by atoms with Crippen LogP contribution in [0.25, 0.3) is 177 Å². The van der Waals surface area contributed by atoms with Gasteiger partial charge in [0.05, 0.1) is 0 Å². The number of hydrogen-bond donors (Lipinski definition) is 0. The zero-order valence-corrected chi connectivity index (χ0v) is 81.3. The van der Waals surface area contributed by atoms with Crippen LogP contribution in [0.4, 0.5) is 0 Å². The SMILES string of the molecule is Cc1ccc2c(c1)Cc1c-2ccc2c1Cc1c-2ccc2ccccc12.Cc1ccc2c(c1)Cc1c-2ccc2c1Cc1cc3ccccc3cc1-2.Cc1ccc2c(c1)Cc1c-2ccc2c1Cc1ccccc1-2.Cc1ccc2c(c1)Cc1cc3c(cc1-2)Cc1ccccc1-3.Cc1ccc2c3c(ccc2c1)-c1ccc2c(c1C3)Cc1ccccc1-2.Cc1ccc2cc3c(cc2c1)Cc1c-3ccc2c1Cc1ccccc1-2. The van der Waals surface area contributed by atoms with Crippen LogP contribution in [0.1, 0.15) is 167 Å². The highest BCUT2D eigenvalue weighted by atomic mass is 14.4. The molecule has 0 N–H and O–H groups in total. The predicted octanol–water partition coefficient (Wildman–Crippen LogP) is 35.4. The average Bonchev–Trinajstić information content (AvgIpc) is 2.07. The molecule has 0 aliphatic heterocycles. The van der Waals surface area contributed by atoms with Crippen molar-refractivity contribution in [2.75, 3.05) is 0 Å². The van der Waals surface area contributed by atoms with E-state index in [0.717, 1.165) is 77.0 Å². The van der Waals surface area contributed by atoms with Crippen LogP contribution in [-0.2, 0) is 77.0 Å². The summed E-state index contributed by atoms with van der Waals surface area (Å²) in [5.41, 5.74) is 79.1. The highest BCUT2D eigenvalue weighted by molar-refractivity contribution is 6.02. The topological polar surface area (TPSA) is 0 Å². The van der Waals surface area contributed by atoms with E-state index in [1.165, 1.54) is 288 Å². The average molecular weight is 1810 g/mol. The number of rotatable bonds is 0. The Morgan fingerprint density at radius 3 is 0.739 bits per heavy atom. The molecule has 22 aromatic rings. The molecule has 0 heteroatoms. The van der Waals surface area contributed by atoms with Gasteiger partial charge in [0.25, 0.3) is 0 Å². The molecule has 0 heterocycles. The quantitative estimate of drug-likeness (QED) is 0.142. The third-order valence-electron chi connectivity index (χ3n) is 34.0. The first-order valence-corrected chi connectivity index (χ1v) is 51.5. The van der Waals surface area contributed by atoms with Gasteiger partial charge < -0.3 is 0 Å². The van der Waals surface area contributed by atoms with E-state index in [1.807, 2.05) is 0 Å². The Balaban J connectivity index is 0.0000000815. The predicted molar refractivity (Wildman–Crippen MR) is 596 cm³/mol. The van der Waals surface area contributed by atoms with Gasteiger partial charge in [0.2, 0.25) is 0 Å². The lowest BCUT2D eigenvalue weighted by Gasteiger charge is -2.08. The van der Waals surface area contributed by atoms with Gasteiger partial charge in [-0.25, -0.2) is 0 Å². The van der Waals surface area contributed by atoms with E-state index in [2.05, 4.69) is 418 Å². The van der Waals surface area contributed by atoms with Gasteiger partial charge in [0.1, 0.15) is 0 Å². The van der Waals surface area contributed by atoms with E-state index >= 15 is 0 Å². The van der Waals surface area contributed by atoms with E-state index in [4.69, 9.17) is 0 Å². The molecule has 12 aliphatic carbocycles. The zero-order chi connectivity index (χ0) is 94.1. The van der Waals surface area contributed by atoms with Gasteiger partial charge >= 0.3 is 0 Å². The lowest BCUT2D eigenvalue weighted by molar-refractivity contribution is 1.16. The van der Waals surface area contributed by atoms with Gasteiger partial charge in [0.15, 0.2) is 0 Å². The Morgan fingerprint density at radius 2 is 0.317 bits per heavy atom. The summed E-state index contributed by atoms with van der Waals surface area (Å²) in [5, 5.41) is 11.0. The third kappa shape index (κ3) is 13.3. The van der Waals surface area contributed by atoms with Crippen LogP contribution in [0.15, 0.2) is 376 Å². The van der Waals surface area contributed by atoms with Crippen molar-refractivity contribution in [1.29, 1.82) is 0 Å². The normalized spacial score (nSPS) is 13.5. The highest BCUT2D eigenvalue weighted by Crippen LogP contribution is 2.56. The fourth-order valence-electron chi connectivity index (χ4n) is 27.3. The van der Waals surface area contributed by atoms with E-state index in [0.29, 0.717) is 0 Å². The first kappa shape index (κ1) is 82.9. The summed E-state index contributed by atoms with van der Waals surface area (Å²) in [7, 11) is 0. The van der Waals surface area contributed by atoms with Crippen LogP contribution in [0.2, 0.25) is 0 Å². The van der Waals surface area contributed by atoms with Crippen molar-refractivity contribution in [1.82, 2.24) is 0 Å². The summed E-state index contributed by atoms with van der Waals surface area (Å²) in [6.45, 7) is 13.1. The molecule has 0 nitrogen and oxygen atoms in total. The molecule has 0 saturated heterocycles. The van der Waals surface area contributed by atoms with Crippen LogP contribution in [0, 0.1) is 41.5 Å². The maximum atomic E-state index is 2.44. The molecule has 34 rings (SSSR count). The fraction of sp³-hybridized carbons (Fsp3) is 0.127. The summed E-state index contributed by atoms with van der Waals surface area (Å²) in [6, 6.07) is 141. The van der Waals surface area contributed by atoms with E-state index in [9.17, 15) is 0 Å². The lowest BCUT2D eigenvalue weighted by Crippen LogP contribution is -1.91. The molecule has 672 valence electrons. The molecule has 0 saturated carbocycles. The molecular weight excluding hydrogens is 1710 g/mol. The van der Waals surface area contributed by atoms with Crippen LogP contribution in [-0.4, -0.2) is 0 Å². The Hall–Kier alpha value is -16.1. The Kier molecular flexibility index (Phi) is 18.8. The fourth-order valence-corrected chi connectivity index (χ4v) is 27.3. The number of fused-ring (bicyclic) bond motifs is 47. The second-order valence-corrected chi connectivity index (χ2v) is 42.5. The van der Waals surface area contributed by atoms with Crippen molar-refractivity contribution in [3.05, 3.63) is 543 Å². The van der Waals surface area contributed by atoms with Crippen LogP contribution >= 0.6 is 0 Å². The van der Waals surface area contributed by atoms with Gasteiger partial charge in [-0.1, -0.05) is 385 Å². The Labute approximate surface area is 832 Å². The molecule has 142 heavy (non-hydrogen) atoms. The maximum Gasteiger partial charge on any atom is -0.000421 e. The molecule has 0 unspecified atom stereocenters. The first-order chi connectivity index (χ1) is 69.7. The molecule has 0 bridgehead atoms. The first-order valence-electron chi connectivity index (χ1n) is 51.5. The zero-order valence-electron chi connectivity index (χ0n) is 81.3. The highest BCUT2D eigenvalue weighted by Gasteiger charge is 2.36. The third-order valence-corrected chi connectivity index (χ3v) is 34.0. The second-order valence-electron chi connectivity index (χ2n) is 42.5. The number of benzene rings is 22.